The first-order valence-electron chi connectivity index (χ1n) is 11.3. The summed E-state index contributed by atoms with van der Waals surface area (Å²) in [5.41, 5.74) is 2.92. The Bertz CT molecular complexity index is 1210. The second-order valence-corrected chi connectivity index (χ2v) is 8.38. The van der Waals surface area contributed by atoms with E-state index >= 15 is 0 Å². The second-order valence-electron chi connectivity index (χ2n) is 7.97. The molecule has 34 heavy (non-hydrogen) atoms. The Hall–Kier alpha value is -3.45. The van der Waals surface area contributed by atoms with Crippen LogP contribution in [-0.4, -0.2) is 34.2 Å². The molecule has 1 aliphatic rings. The zero-order valence-electron chi connectivity index (χ0n) is 19.1. The highest BCUT2D eigenvalue weighted by Crippen LogP contribution is 2.45. The molecule has 0 saturated heterocycles. The Kier molecular flexibility index (Phi) is 7.43. The summed E-state index contributed by atoms with van der Waals surface area (Å²) in [4.78, 5) is 30.6. The average Bonchev–Trinajstić information content (AvgIpc) is 3.27. The molecule has 7 nitrogen and oxygen atoms in total. The molecule has 176 valence electrons. The average molecular weight is 480 g/mol. The van der Waals surface area contributed by atoms with E-state index in [9.17, 15) is 9.59 Å². The molecule has 0 radical (unpaired) electrons. The van der Waals surface area contributed by atoms with Crippen LogP contribution < -0.4 is 0 Å². The fourth-order valence-corrected chi connectivity index (χ4v) is 4.44. The maximum Gasteiger partial charge on any atom is 0.435 e. The van der Waals surface area contributed by atoms with Crippen LogP contribution in [0.3, 0.4) is 0 Å². The predicted molar refractivity (Wildman–Crippen MR) is 130 cm³/mol. The van der Waals surface area contributed by atoms with E-state index in [-0.39, 0.29) is 19.2 Å². The second kappa shape index (κ2) is 10.7. The summed E-state index contributed by atoms with van der Waals surface area (Å²) in [7, 11) is 0. The number of hydrogen-bond acceptors (Lipinski definition) is 6. The lowest BCUT2D eigenvalue weighted by Gasteiger charge is -2.30. The first-order chi connectivity index (χ1) is 16.5. The van der Waals surface area contributed by atoms with Crippen LogP contribution >= 0.6 is 11.6 Å². The molecule has 1 aliphatic heterocycles. The molecule has 3 aromatic rings. The monoisotopic (exact) mass is 479 g/mol. The molecular weight excluding hydrogens is 454 g/mol. The van der Waals surface area contributed by atoms with Gasteiger partial charge < -0.3 is 9.47 Å². The number of esters is 1. The smallest absolute Gasteiger partial charge is 0.435 e. The molecule has 0 bridgehead atoms. The Morgan fingerprint density at radius 2 is 1.74 bits per heavy atom. The molecule has 0 amide bonds. The maximum absolute atomic E-state index is 13.1. The molecule has 1 aromatic heterocycles. The third-order valence-corrected chi connectivity index (χ3v) is 6.02. The lowest BCUT2D eigenvalue weighted by molar-refractivity contribution is -0.146. The van der Waals surface area contributed by atoms with Gasteiger partial charge in [-0.3, -0.25) is 4.79 Å². The van der Waals surface area contributed by atoms with Gasteiger partial charge in [-0.05, 0) is 30.5 Å². The van der Waals surface area contributed by atoms with Gasteiger partial charge in [0.1, 0.15) is 12.5 Å². The van der Waals surface area contributed by atoms with Crippen molar-refractivity contribution in [2.75, 3.05) is 6.61 Å². The van der Waals surface area contributed by atoms with Gasteiger partial charge in [-0.1, -0.05) is 73.5 Å². The predicted octanol–water partition coefficient (Wildman–Crippen LogP) is 5.92. The Labute approximate surface area is 203 Å². The number of carbonyl (C=O) groups is 2. The van der Waals surface area contributed by atoms with E-state index in [4.69, 9.17) is 21.1 Å². The molecule has 2 unspecified atom stereocenters. The van der Waals surface area contributed by atoms with Crippen molar-refractivity contribution in [2.45, 2.75) is 39.2 Å². The zero-order chi connectivity index (χ0) is 24.1. The molecule has 0 spiro atoms. The molecule has 2 heterocycles. The summed E-state index contributed by atoms with van der Waals surface area (Å²) in [5.74, 6) is -1.14. The van der Waals surface area contributed by atoms with Crippen LogP contribution in [0, 0.1) is 5.92 Å². The third kappa shape index (κ3) is 4.89. The number of hydrogen-bond donors (Lipinski definition) is 0. The highest BCUT2D eigenvalue weighted by atomic mass is 35.5. The van der Waals surface area contributed by atoms with Crippen LogP contribution in [0.2, 0.25) is 5.02 Å². The Balaban J connectivity index is 1.74. The molecular formula is C26H26ClN3O4. The van der Waals surface area contributed by atoms with Gasteiger partial charge in [-0.25, -0.2) is 9.79 Å². The minimum absolute atomic E-state index is 0.119. The summed E-state index contributed by atoms with van der Waals surface area (Å²) >= 11 is 6.57. The number of fused-ring (bicyclic) bond motifs is 1. The van der Waals surface area contributed by atoms with E-state index < -0.39 is 17.9 Å². The summed E-state index contributed by atoms with van der Waals surface area (Å²) in [5, 5.41) is 4.92. The van der Waals surface area contributed by atoms with E-state index in [2.05, 4.69) is 10.1 Å². The van der Waals surface area contributed by atoms with Crippen molar-refractivity contribution in [3.8, 4) is 0 Å². The molecule has 0 N–H and O–H groups in total. The van der Waals surface area contributed by atoms with Crippen LogP contribution in [0.25, 0.3) is 0 Å². The van der Waals surface area contributed by atoms with Gasteiger partial charge in [0.2, 0.25) is 0 Å². The van der Waals surface area contributed by atoms with E-state index in [1.807, 2.05) is 55.5 Å². The van der Waals surface area contributed by atoms with E-state index in [1.54, 1.807) is 19.2 Å². The SMILES string of the molecule is CCCC1=Nc2nn(C(=O)OCc3ccccc3)cc2C(c2ccccc2Cl)C1C(=O)OCC. The van der Waals surface area contributed by atoms with Crippen molar-refractivity contribution in [3.05, 3.63) is 82.5 Å². The van der Waals surface area contributed by atoms with Crippen molar-refractivity contribution >= 4 is 35.2 Å². The number of halogens is 1. The number of aliphatic imine (C=N–C) groups is 1. The standard InChI is InChI=1S/C26H26ClN3O4/c1-3-10-21-23(25(31)33-4-2)22(18-13-8-9-14-20(18)27)19-15-30(29-24(19)28-21)26(32)34-16-17-11-6-5-7-12-17/h5-9,11-15,22-23H,3-4,10,16H2,1-2H3. The van der Waals surface area contributed by atoms with Crippen LogP contribution in [0.4, 0.5) is 10.6 Å². The van der Waals surface area contributed by atoms with Gasteiger partial charge in [0.05, 0.1) is 6.61 Å². The number of nitrogens with zero attached hydrogens (tertiary/aromatic N) is 3. The first kappa shape index (κ1) is 23.7. The Morgan fingerprint density at radius 3 is 2.44 bits per heavy atom. The fraction of sp³-hybridized carbons (Fsp3) is 0.308. The largest absolute Gasteiger partial charge is 0.465 e. The summed E-state index contributed by atoms with van der Waals surface area (Å²) in [6, 6.07) is 16.8. The number of carbonyl (C=O) groups excluding carboxylic acids is 2. The minimum Gasteiger partial charge on any atom is -0.465 e. The van der Waals surface area contributed by atoms with Crippen LogP contribution in [0.1, 0.15) is 49.3 Å². The van der Waals surface area contributed by atoms with Crippen molar-refractivity contribution in [2.24, 2.45) is 10.9 Å². The first-order valence-corrected chi connectivity index (χ1v) is 11.7. The van der Waals surface area contributed by atoms with Gasteiger partial charge in [0.15, 0.2) is 5.82 Å². The summed E-state index contributed by atoms with van der Waals surface area (Å²) in [6.45, 7) is 4.16. The molecule has 2 aromatic carbocycles. The topological polar surface area (TPSA) is 82.8 Å². The van der Waals surface area contributed by atoms with Gasteiger partial charge in [0.25, 0.3) is 0 Å². The highest BCUT2D eigenvalue weighted by molar-refractivity contribution is 6.31. The van der Waals surface area contributed by atoms with Gasteiger partial charge in [-0.2, -0.15) is 4.68 Å². The lowest BCUT2D eigenvalue weighted by Crippen LogP contribution is -2.34. The van der Waals surface area contributed by atoms with Crippen molar-refractivity contribution < 1.29 is 19.1 Å². The highest BCUT2D eigenvalue weighted by Gasteiger charge is 2.42. The van der Waals surface area contributed by atoms with Crippen molar-refractivity contribution in [1.82, 2.24) is 9.78 Å². The zero-order valence-corrected chi connectivity index (χ0v) is 19.9. The van der Waals surface area contributed by atoms with Crippen molar-refractivity contribution in [1.29, 1.82) is 0 Å². The van der Waals surface area contributed by atoms with Gasteiger partial charge in [0, 0.05) is 28.4 Å². The van der Waals surface area contributed by atoms with Gasteiger partial charge in [-0.15, -0.1) is 5.10 Å². The number of ether oxygens (including phenoxy) is 2. The van der Waals surface area contributed by atoms with Crippen LogP contribution in [0.5, 0.6) is 0 Å². The lowest BCUT2D eigenvalue weighted by atomic mass is 9.76. The summed E-state index contributed by atoms with van der Waals surface area (Å²) < 4.78 is 12.0. The number of aromatic nitrogens is 2. The molecule has 8 heteroatoms. The molecule has 2 atom stereocenters. The minimum atomic E-state index is -0.662. The third-order valence-electron chi connectivity index (χ3n) is 5.68. The van der Waals surface area contributed by atoms with Crippen molar-refractivity contribution in [3.63, 3.8) is 0 Å². The fourth-order valence-electron chi connectivity index (χ4n) is 4.19. The number of rotatable bonds is 7. The Morgan fingerprint density at radius 1 is 1.00 bits per heavy atom. The van der Waals surface area contributed by atoms with Gasteiger partial charge >= 0.3 is 12.1 Å². The normalized spacial score (nSPS) is 17.0. The quantitative estimate of drug-likeness (QED) is 0.393. The van der Waals surface area contributed by atoms with Crippen LogP contribution in [-0.2, 0) is 20.9 Å². The number of benzene rings is 2. The van der Waals surface area contributed by atoms with Crippen LogP contribution in [0.15, 0.2) is 65.8 Å². The molecule has 0 aliphatic carbocycles. The molecule has 4 rings (SSSR count). The van der Waals surface area contributed by atoms with E-state index in [0.717, 1.165) is 22.2 Å². The molecule has 0 saturated carbocycles. The summed E-state index contributed by atoms with van der Waals surface area (Å²) in [6.07, 6.45) is 2.33. The maximum atomic E-state index is 13.1. The molecule has 0 fully saturated rings. The van der Waals surface area contributed by atoms with E-state index in [1.165, 1.54) is 0 Å². The van der Waals surface area contributed by atoms with E-state index in [0.29, 0.717) is 28.5 Å².